The van der Waals surface area contributed by atoms with Crippen molar-refractivity contribution < 1.29 is 18.0 Å². The Hall–Kier alpha value is -1.58. The summed E-state index contributed by atoms with van der Waals surface area (Å²) in [6.45, 7) is 0. The standard InChI is InChI=1S/C9H5F3O/c10-7-4-3-6(2-1-5-13)8(11)9(7)12/h1-5H/b2-1+. The first-order valence-corrected chi connectivity index (χ1v) is 3.42. The van der Waals surface area contributed by atoms with Gasteiger partial charge in [-0.2, -0.15) is 0 Å². The van der Waals surface area contributed by atoms with Crippen molar-refractivity contribution in [2.45, 2.75) is 0 Å². The molecule has 1 rings (SSSR count). The van der Waals surface area contributed by atoms with E-state index in [1.54, 1.807) is 0 Å². The molecular formula is C9H5F3O. The highest BCUT2D eigenvalue weighted by Gasteiger charge is 2.10. The van der Waals surface area contributed by atoms with Crippen LogP contribution in [0.4, 0.5) is 13.2 Å². The molecule has 1 aromatic carbocycles. The topological polar surface area (TPSA) is 17.1 Å². The van der Waals surface area contributed by atoms with Gasteiger partial charge < -0.3 is 0 Å². The van der Waals surface area contributed by atoms with Gasteiger partial charge >= 0.3 is 0 Å². The van der Waals surface area contributed by atoms with E-state index < -0.39 is 17.5 Å². The first-order valence-electron chi connectivity index (χ1n) is 3.42. The van der Waals surface area contributed by atoms with Crippen LogP contribution in [0.5, 0.6) is 0 Å². The molecule has 0 radical (unpaired) electrons. The quantitative estimate of drug-likeness (QED) is 0.393. The maximum absolute atomic E-state index is 12.8. The SMILES string of the molecule is O=C/C=C/c1ccc(F)c(F)c1F. The molecule has 0 heterocycles. The summed E-state index contributed by atoms with van der Waals surface area (Å²) in [5, 5.41) is 0. The Balaban J connectivity index is 3.17. The third kappa shape index (κ3) is 1.96. The average Bonchev–Trinajstić information content (AvgIpc) is 2.13. The first-order chi connectivity index (χ1) is 6.16. The van der Waals surface area contributed by atoms with Crippen molar-refractivity contribution in [3.8, 4) is 0 Å². The second-order valence-electron chi connectivity index (χ2n) is 2.26. The number of aldehydes is 1. The largest absolute Gasteiger partial charge is 0.299 e. The highest BCUT2D eigenvalue weighted by molar-refractivity contribution is 5.73. The fourth-order valence-electron chi connectivity index (χ4n) is 0.813. The highest BCUT2D eigenvalue weighted by atomic mass is 19.2. The average molecular weight is 186 g/mol. The lowest BCUT2D eigenvalue weighted by atomic mass is 10.2. The molecule has 0 saturated carbocycles. The van der Waals surface area contributed by atoms with Crippen molar-refractivity contribution >= 4 is 12.4 Å². The van der Waals surface area contributed by atoms with Crippen molar-refractivity contribution in [2.75, 3.05) is 0 Å². The Morgan fingerprint density at radius 1 is 1.08 bits per heavy atom. The summed E-state index contributed by atoms with van der Waals surface area (Å²) in [5.41, 5.74) is -0.161. The zero-order valence-corrected chi connectivity index (χ0v) is 6.43. The van der Waals surface area contributed by atoms with Crippen molar-refractivity contribution in [1.82, 2.24) is 0 Å². The predicted octanol–water partition coefficient (Wildman–Crippen LogP) is 2.32. The highest BCUT2D eigenvalue weighted by Crippen LogP contribution is 2.15. The summed E-state index contributed by atoms with van der Waals surface area (Å²) in [7, 11) is 0. The first kappa shape index (κ1) is 9.51. The lowest BCUT2D eigenvalue weighted by Gasteiger charge is -1.98. The minimum Gasteiger partial charge on any atom is -0.299 e. The van der Waals surface area contributed by atoms with E-state index in [1.165, 1.54) is 0 Å². The third-order valence-corrected chi connectivity index (χ3v) is 1.42. The monoisotopic (exact) mass is 186 g/mol. The lowest BCUT2D eigenvalue weighted by Crippen LogP contribution is -1.92. The molecule has 1 nitrogen and oxygen atoms in total. The molecule has 0 amide bonds. The van der Waals surface area contributed by atoms with E-state index >= 15 is 0 Å². The number of hydrogen-bond donors (Lipinski definition) is 0. The van der Waals surface area contributed by atoms with Crippen LogP contribution in [0.15, 0.2) is 18.2 Å². The van der Waals surface area contributed by atoms with E-state index in [2.05, 4.69) is 0 Å². The van der Waals surface area contributed by atoms with Crippen LogP contribution >= 0.6 is 0 Å². The Morgan fingerprint density at radius 3 is 2.38 bits per heavy atom. The van der Waals surface area contributed by atoms with Crippen LogP contribution in [0.25, 0.3) is 6.08 Å². The van der Waals surface area contributed by atoms with Crippen LogP contribution in [-0.2, 0) is 4.79 Å². The summed E-state index contributed by atoms with van der Waals surface area (Å²) < 4.78 is 37.7. The second-order valence-corrected chi connectivity index (χ2v) is 2.26. The molecule has 0 aliphatic rings. The maximum atomic E-state index is 12.8. The molecule has 0 spiro atoms. The molecular weight excluding hydrogens is 181 g/mol. The van der Waals surface area contributed by atoms with Gasteiger partial charge in [0.05, 0.1) is 0 Å². The fraction of sp³-hybridized carbons (Fsp3) is 0. The van der Waals surface area contributed by atoms with Crippen molar-refractivity contribution in [1.29, 1.82) is 0 Å². The van der Waals surface area contributed by atoms with Gasteiger partial charge in [0.1, 0.15) is 6.29 Å². The summed E-state index contributed by atoms with van der Waals surface area (Å²) >= 11 is 0. The third-order valence-electron chi connectivity index (χ3n) is 1.42. The van der Waals surface area contributed by atoms with Crippen LogP contribution in [0.3, 0.4) is 0 Å². The Morgan fingerprint density at radius 2 is 1.77 bits per heavy atom. The molecule has 0 N–H and O–H groups in total. The molecule has 0 aromatic heterocycles. The molecule has 0 bridgehead atoms. The molecule has 0 fully saturated rings. The summed E-state index contributed by atoms with van der Waals surface area (Å²) in [6, 6.07) is 1.84. The van der Waals surface area contributed by atoms with Crippen LogP contribution in [0.2, 0.25) is 0 Å². The Kier molecular flexibility index (Phi) is 2.84. The number of hydrogen-bond acceptors (Lipinski definition) is 1. The van der Waals surface area contributed by atoms with Gasteiger partial charge in [0.2, 0.25) is 0 Å². The van der Waals surface area contributed by atoms with E-state index in [-0.39, 0.29) is 5.56 Å². The molecule has 1 aromatic rings. The lowest BCUT2D eigenvalue weighted by molar-refractivity contribution is -0.104. The molecule has 0 aliphatic carbocycles. The van der Waals surface area contributed by atoms with Gasteiger partial charge in [-0.25, -0.2) is 13.2 Å². The summed E-state index contributed by atoms with van der Waals surface area (Å²) in [6.07, 6.45) is 2.47. The van der Waals surface area contributed by atoms with Gasteiger partial charge in [0.15, 0.2) is 17.5 Å². The normalized spacial score (nSPS) is 10.7. The van der Waals surface area contributed by atoms with E-state index in [1.807, 2.05) is 0 Å². The maximum Gasteiger partial charge on any atom is 0.195 e. The predicted molar refractivity (Wildman–Crippen MR) is 41.4 cm³/mol. The van der Waals surface area contributed by atoms with E-state index in [4.69, 9.17) is 0 Å². The summed E-state index contributed by atoms with van der Waals surface area (Å²) in [5.74, 6) is -4.08. The zero-order valence-electron chi connectivity index (χ0n) is 6.43. The smallest absolute Gasteiger partial charge is 0.195 e. The van der Waals surface area contributed by atoms with Crippen molar-refractivity contribution in [3.63, 3.8) is 0 Å². The minimum atomic E-state index is -1.53. The molecule has 0 atom stereocenters. The van der Waals surface area contributed by atoms with Crippen LogP contribution in [0.1, 0.15) is 5.56 Å². The number of carbonyl (C=O) groups excluding carboxylic acids is 1. The van der Waals surface area contributed by atoms with Gasteiger partial charge in [-0.3, -0.25) is 4.79 Å². The molecule has 4 heteroatoms. The van der Waals surface area contributed by atoms with Crippen molar-refractivity contribution in [3.05, 3.63) is 41.2 Å². The van der Waals surface area contributed by atoms with E-state index in [0.717, 1.165) is 24.3 Å². The van der Waals surface area contributed by atoms with Gasteiger partial charge in [-0.05, 0) is 24.3 Å². The molecule has 0 unspecified atom stereocenters. The second kappa shape index (κ2) is 3.89. The minimum absolute atomic E-state index is 0.161. The zero-order chi connectivity index (χ0) is 9.84. The van der Waals surface area contributed by atoms with Crippen LogP contribution in [-0.4, -0.2) is 6.29 Å². The molecule has 0 aliphatic heterocycles. The van der Waals surface area contributed by atoms with Gasteiger partial charge in [-0.1, -0.05) is 0 Å². The van der Waals surface area contributed by atoms with Gasteiger partial charge in [0, 0.05) is 5.56 Å². The molecule has 0 saturated heterocycles. The number of benzene rings is 1. The fourth-order valence-corrected chi connectivity index (χ4v) is 0.813. The Bertz CT molecular complexity index is 358. The van der Waals surface area contributed by atoms with E-state index in [9.17, 15) is 18.0 Å². The Labute approximate surface area is 72.5 Å². The van der Waals surface area contributed by atoms with Crippen molar-refractivity contribution in [2.24, 2.45) is 0 Å². The summed E-state index contributed by atoms with van der Waals surface area (Å²) in [4.78, 5) is 9.86. The molecule has 68 valence electrons. The number of allylic oxidation sites excluding steroid dienone is 1. The van der Waals surface area contributed by atoms with Gasteiger partial charge in [0.25, 0.3) is 0 Å². The number of carbonyl (C=O) groups is 1. The molecule has 13 heavy (non-hydrogen) atoms. The van der Waals surface area contributed by atoms with E-state index in [0.29, 0.717) is 6.29 Å². The van der Waals surface area contributed by atoms with Crippen LogP contribution < -0.4 is 0 Å². The number of halogens is 3. The number of rotatable bonds is 2. The van der Waals surface area contributed by atoms with Crippen LogP contribution in [0, 0.1) is 17.5 Å². The van der Waals surface area contributed by atoms with Gasteiger partial charge in [-0.15, -0.1) is 0 Å².